The molecule has 5 nitrogen and oxygen atoms in total. The molecular formula is C10H10ClN3O2S. The number of sulfonamides is 1. The van der Waals surface area contributed by atoms with Gasteiger partial charge in [0.1, 0.15) is 5.82 Å². The minimum Gasteiger partial charge on any atom is -0.347 e. The number of hydrogen-bond acceptors (Lipinski definition) is 3. The van der Waals surface area contributed by atoms with Gasteiger partial charge in [-0.1, -0.05) is 11.6 Å². The smallest absolute Gasteiger partial charge is 0.240 e. The molecule has 2 rings (SSSR count). The average Bonchev–Trinajstić information content (AvgIpc) is 2.80. The third-order valence-corrected chi connectivity index (χ3v) is 3.78. The number of rotatable bonds is 4. The van der Waals surface area contributed by atoms with Crippen LogP contribution in [0.3, 0.4) is 0 Å². The molecule has 0 aliphatic rings. The summed E-state index contributed by atoms with van der Waals surface area (Å²) in [4.78, 5) is 6.91. The number of hydrogen-bond donors (Lipinski definition) is 2. The maximum atomic E-state index is 11.8. The lowest BCUT2D eigenvalue weighted by Crippen LogP contribution is -2.23. The number of nitrogens with one attached hydrogen (secondary N) is 2. The Morgan fingerprint density at radius 3 is 2.59 bits per heavy atom. The summed E-state index contributed by atoms with van der Waals surface area (Å²) in [5.41, 5.74) is 0. The molecule has 7 heteroatoms. The van der Waals surface area contributed by atoms with Gasteiger partial charge in [0, 0.05) is 17.4 Å². The van der Waals surface area contributed by atoms with Gasteiger partial charge in [0.25, 0.3) is 0 Å². The highest BCUT2D eigenvalue weighted by atomic mass is 35.5. The lowest BCUT2D eigenvalue weighted by atomic mass is 10.4. The lowest BCUT2D eigenvalue weighted by molar-refractivity contribution is 0.579. The summed E-state index contributed by atoms with van der Waals surface area (Å²) in [6, 6.07) is 5.96. The van der Waals surface area contributed by atoms with Crippen LogP contribution in [-0.4, -0.2) is 18.4 Å². The summed E-state index contributed by atoms with van der Waals surface area (Å²) in [5, 5.41) is 0.495. The first-order chi connectivity index (χ1) is 8.08. The van der Waals surface area contributed by atoms with Crippen LogP contribution < -0.4 is 4.72 Å². The maximum absolute atomic E-state index is 11.8. The second-order valence-electron chi connectivity index (χ2n) is 3.31. The molecule has 0 radical (unpaired) electrons. The van der Waals surface area contributed by atoms with Crippen molar-refractivity contribution in [2.45, 2.75) is 11.4 Å². The van der Waals surface area contributed by atoms with Crippen LogP contribution in [0.4, 0.5) is 0 Å². The Bertz CT molecular complexity index is 579. The van der Waals surface area contributed by atoms with E-state index in [-0.39, 0.29) is 11.4 Å². The van der Waals surface area contributed by atoms with Crippen molar-refractivity contribution in [3.05, 3.63) is 47.5 Å². The van der Waals surface area contributed by atoms with E-state index in [1.165, 1.54) is 24.3 Å². The second kappa shape index (κ2) is 4.87. The van der Waals surface area contributed by atoms with E-state index in [1.807, 2.05) is 0 Å². The predicted molar refractivity (Wildman–Crippen MR) is 64.1 cm³/mol. The molecule has 2 aromatic rings. The highest BCUT2D eigenvalue weighted by Crippen LogP contribution is 2.13. The van der Waals surface area contributed by atoms with E-state index in [9.17, 15) is 8.42 Å². The van der Waals surface area contributed by atoms with Crippen LogP contribution in [0.25, 0.3) is 0 Å². The Hall–Kier alpha value is -1.37. The SMILES string of the molecule is O=S(=O)(NCc1ncc[nH]1)c1ccc(Cl)cc1. The van der Waals surface area contributed by atoms with E-state index in [2.05, 4.69) is 14.7 Å². The minimum absolute atomic E-state index is 0.123. The summed E-state index contributed by atoms with van der Waals surface area (Å²) in [7, 11) is -3.52. The molecule has 0 bridgehead atoms. The average molecular weight is 272 g/mol. The largest absolute Gasteiger partial charge is 0.347 e. The van der Waals surface area contributed by atoms with Gasteiger partial charge < -0.3 is 4.98 Å². The Morgan fingerprint density at radius 2 is 2.00 bits per heavy atom. The molecule has 0 aliphatic heterocycles. The van der Waals surface area contributed by atoms with Gasteiger partial charge in [-0.3, -0.25) is 0 Å². The zero-order valence-corrected chi connectivity index (χ0v) is 10.3. The molecule has 90 valence electrons. The molecule has 0 unspecified atom stereocenters. The van der Waals surface area contributed by atoms with Gasteiger partial charge in [0.05, 0.1) is 11.4 Å². The van der Waals surface area contributed by atoms with Crippen molar-refractivity contribution in [3.8, 4) is 0 Å². The zero-order valence-electron chi connectivity index (χ0n) is 8.72. The number of benzene rings is 1. The van der Waals surface area contributed by atoms with Gasteiger partial charge in [-0.05, 0) is 24.3 Å². The highest BCUT2D eigenvalue weighted by molar-refractivity contribution is 7.89. The van der Waals surface area contributed by atoms with Crippen LogP contribution in [0, 0.1) is 0 Å². The number of aromatic amines is 1. The normalized spacial score (nSPS) is 11.6. The quantitative estimate of drug-likeness (QED) is 0.886. The fraction of sp³-hybridized carbons (Fsp3) is 0.100. The Balaban J connectivity index is 2.11. The molecule has 0 atom stereocenters. The Kier molecular flexibility index (Phi) is 3.46. The zero-order chi connectivity index (χ0) is 12.3. The number of H-pyrrole nitrogens is 1. The fourth-order valence-electron chi connectivity index (χ4n) is 1.26. The molecule has 1 aromatic carbocycles. The Morgan fingerprint density at radius 1 is 1.29 bits per heavy atom. The van der Waals surface area contributed by atoms with Crippen LogP contribution in [0.2, 0.25) is 5.02 Å². The third-order valence-electron chi connectivity index (χ3n) is 2.11. The van der Waals surface area contributed by atoms with Gasteiger partial charge in [0.15, 0.2) is 0 Å². The Labute approximate surface area is 104 Å². The monoisotopic (exact) mass is 271 g/mol. The topological polar surface area (TPSA) is 74.8 Å². The highest BCUT2D eigenvalue weighted by Gasteiger charge is 2.13. The van der Waals surface area contributed by atoms with E-state index >= 15 is 0 Å². The molecule has 17 heavy (non-hydrogen) atoms. The van der Waals surface area contributed by atoms with Crippen molar-refractivity contribution in [1.82, 2.24) is 14.7 Å². The molecule has 0 amide bonds. The van der Waals surface area contributed by atoms with Crippen molar-refractivity contribution < 1.29 is 8.42 Å². The molecular weight excluding hydrogens is 262 g/mol. The van der Waals surface area contributed by atoms with Crippen molar-refractivity contribution >= 4 is 21.6 Å². The summed E-state index contributed by atoms with van der Waals surface area (Å²) in [5.74, 6) is 0.558. The molecule has 1 heterocycles. The van der Waals surface area contributed by atoms with Crippen molar-refractivity contribution in [2.75, 3.05) is 0 Å². The summed E-state index contributed by atoms with van der Waals surface area (Å²) >= 11 is 5.69. The fourth-order valence-corrected chi connectivity index (χ4v) is 2.37. The first-order valence-corrected chi connectivity index (χ1v) is 6.67. The molecule has 0 saturated carbocycles. The van der Waals surface area contributed by atoms with E-state index < -0.39 is 10.0 Å². The van der Waals surface area contributed by atoms with Crippen molar-refractivity contribution in [2.24, 2.45) is 0 Å². The summed E-state index contributed by atoms with van der Waals surface area (Å²) in [6.07, 6.45) is 3.19. The van der Waals surface area contributed by atoms with Crippen LogP contribution in [0.15, 0.2) is 41.6 Å². The number of aromatic nitrogens is 2. The second-order valence-corrected chi connectivity index (χ2v) is 5.52. The standard InChI is InChI=1S/C10H10ClN3O2S/c11-8-1-3-9(4-2-8)17(15,16)14-7-10-12-5-6-13-10/h1-6,14H,7H2,(H,12,13). The van der Waals surface area contributed by atoms with Gasteiger partial charge >= 0.3 is 0 Å². The lowest BCUT2D eigenvalue weighted by Gasteiger charge is -2.05. The van der Waals surface area contributed by atoms with Crippen LogP contribution in [0.1, 0.15) is 5.82 Å². The summed E-state index contributed by atoms with van der Waals surface area (Å²) in [6.45, 7) is 0.123. The third kappa shape index (κ3) is 3.06. The molecule has 1 aromatic heterocycles. The van der Waals surface area contributed by atoms with E-state index in [0.717, 1.165) is 0 Å². The first-order valence-electron chi connectivity index (χ1n) is 4.81. The molecule has 0 spiro atoms. The summed E-state index contributed by atoms with van der Waals surface area (Å²) < 4.78 is 26.1. The predicted octanol–water partition coefficient (Wildman–Crippen LogP) is 1.54. The first kappa shape index (κ1) is 12.1. The van der Waals surface area contributed by atoms with Gasteiger partial charge in [-0.15, -0.1) is 0 Å². The molecule has 0 aliphatic carbocycles. The van der Waals surface area contributed by atoms with Crippen LogP contribution in [-0.2, 0) is 16.6 Å². The van der Waals surface area contributed by atoms with E-state index in [4.69, 9.17) is 11.6 Å². The number of nitrogens with zero attached hydrogens (tertiary/aromatic N) is 1. The van der Waals surface area contributed by atoms with Crippen LogP contribution >= 0.6 is 11.6 Å². The van der Waals surface area contributed by atoms with Gasteiger partial charge in [0.2, 0.25) is 10.0 Å². The molecule has 0 fully saturated rings. The van der Waals surface area contributed by atoms with Crippen molar-refractivity contribution in [1.29, 1.82) is 0 Å². The van der Waals surface area contributed by atoms with E-state index in [0.29, 0.717) is 10.8 Å². The minimum atomic E-state index is -3.52. The van der Waals surface area contributed by atoms with E-state index in [1.54, 1.807) is 12.4 Å². The molecule has 2 N–H and O–H groups in total. The number of imidazole rings is 1. The number of halogens is 1. The van der Waals surface area contributed by atoms with Crippen LogP contribution in [0.5, 0.6) is 0 Å². The maximum Gasteiger partial charge on any atom is 0.240 e. The molecule has 0 saturated heterocycles. The van der Waals surface area contributed by atoms with Crippen molar-refractivity contribution in [3.63, 3.8) is 0 Å². The van der Waals surface area contributed by atoms with Gasteiger partial charge in [-0.2, -0.15) is 0 Å². The van der Waals surface area contributed by atoms with Gasteiger partial charge in [-0.25, -0.2) is 18.1 Å².